The minimum absolute atomic E-state index is 0.0480. The van der Waals surface area contributed by atoms with Crippen molar-refractivity contribution < 1.29 is 18.7 Å². The average Bonchev–Trinajstić information content (AvgIpc) is 2.70. The fourth-order valence-corrected chi connectivity index (χ4v) is 4.63. The van der Waals surface area contributed by atoms with Gasteiger partial charge in [-0.05, 0) is 40.9 Å². The lowest BCUT2D eigenvalue weighted by Gasteiger charge is -2.38. The van der Waals surface area contributed by atoms with Crippen molar-refractivity contribution in [3.05, 3.63) is 63.7 Å². The Morgan fingerprint density at radius 2 is 2.04 bits per heavy atom. The highest BCUT2D eigenvalue weighted by molar-refractivity contribution is 6.51. The van der Waals surface area contributed by atoms with Crippen LogP contribution in [0.3, 0.4) is 0 Å². The molecule has 0 bridgehead atoms. The maximum absolute atomic E-state index is 12.6. The molecule has 7 heteroatoms. The van der Waals surface area contributed by atoms with Crippen LogP contribution in [0.4, 0.5) is 0 Å². The van der Waals surface area contributed by atoms with Crippen molar-refractivity contribution in [1.29, 1.82) is 0 Å². The third-order valence-electron chi connectivity index (χ3n) is 5.23. The Morgan fingerprint density at radius 3 is 2.75 bits per heavy atom. The van der Waals surface area contributed by atoms with Gasteiger partial charge < -0.3 is 23.2 Å². The Morgan fingerprint density at radius 1 is 1.29 bits per heavy atom. The molecule has 1 saturated heterocycles. The predicted octanol–water partition coefficient (Wildman–Crippen LogP) is 2.25. The van der Waals surface area contributed by atoms with Crippen molar-refractivity contribution in [3.63, 3.8) is 0 Å². The van der Waals surface area contributed by atoms with Crippen molar-refractivity contribution >= 4 is 25.0 Å². The number of aryl methyl sites for hydroxylation is 1. The molecular formula is C21H23NO5Si. The van der Waals surface area contributed by atoms with Crippen molar-refractivity contribution in [3.8, 4) is 0 Å². The minimum Gasteiger partial charge on any atom is -0.383 e. The smallest absolute Gasteiger partial charge is 0.308 e. The fraction of sp³-hybridized carbons (Fsp3) is 0.381. The average molecular weight is 398 g/mol. The summed E-state index contributed by atoms with van der Waals surface area (Å²) in [5, 5.41) is 2.27. The number of fused-ring (bicyclic) bond motifs is 2. The Kier molecular flexibility index (Phi) is 5.24. The van der Waals surface area contributed by atoms with Crippen LogP contribution in [-0.4, -0.2) is 51.9 Å². The van der Waals surface area contributed by atoms with E-state index in [2.05, 4.69) is 0 Å². The zero-order valence-corrected chi connectivity index (χ0v) is 17.2. The second-order valence-electron chi connectivity index (χ2n) is 7.21. The standard InChI is InChI=1S/C21H23NO5Si/c1-22-10-18(15-6-4-5-7-16(15)21(22)23)17-8-14(28(3)24)9-19-20(17)26-12-13(27-19)11-25-2/h4-10,13,19-20H,11-12H2,1-3H3. The van der Waals surface area contributed by atoms with Crippen LogP contribution in [-0.2, 0) is 25.7 Å². The van der Waals surface area contributed by atoms with Gasteiger partial charge in [-0.15, -0.1) is 0 Å². The topological polar surface area (TPSA) is 66.8 Å². The van der Waals surface area contributed by atoms with Gasteiger partial charge in [0.05, 0.1) is 13.2 Å². The number of nitrogens with zero attached hydrogens (tertiary/aromatic N) is 1. The number of allylic oxidation sites excluding steroid dienone is 2. The first-order chi connectivity index (χ1) is 13.5. The van der Waals surface area contributed by atoms with Crippen LogP contribution in [0, 0.1) is 0 Å². The van der Waals surface area contributed by atoms with Gasteiger partial charge in [0.1, 0.15) is 18.3 Å². The molecular weight excluding hydrogens is 374 g/mol. The lowest BCUT2D eigenvalue weighted by Crippen LogP contribution is -2.46. The van der Waals surface area contributed by atoms with E-state index >= 15 is 0 Å². The lowest BCUT2D eigenvalue weighted by molar-refractivity contribution is -0.159. The Bertz CT molecular complexity index is 1050. The van der Waals surface area contributed by atoms with Gasteiger partial charge in [0.15, 0.2) is 0 Å². The van der Waals surface area contributed by atoms with Gasteiger partial charge in [-0.3, -0.25) is 4.79 Å². The fourth-order valence-electron chi connectivity index (χ4n) is 3.88. The van der Waals surface area contributed by atoms with Crippen LogP contribution in [0.25, 0.3) is 16.3 Å². The molecule has 146 valence electrons. The summed E-state index contributed by atoms with van der Waals surface area (Å²) in [5.41, 5.74) is 1.74. The van der Waals surface area contributed by atoms with Gasteiger partial charge in [0.25, 0.3) is 5.56 Å². The van der Waals surface area contributed by atoms with E-state index in [1.807, 2.05) is 42.6 Å². The Hall–Kier alpha value is -2.19. The monoisotopic (exact) mass is 397 g/mol. The second kappa shape index (κ2) is 7.67. The predicted molar refractivity (Wildman–Crippen MR) is 108 cm³/mol. The third-order valence-corrected chi connectivity index (χ3v) is 6.36. The van der Waals surface area contributed by atoms with Gasteiger partial charge in [-0.1, -0.05) is 18.2 Å². The molecule has 0 amide bonds. The number of rotatable bonds is 4. The van der Waals surface area contributed by atoms with Crippen LogP contribution in [0.1, 0.15) is 5.56 Å². The molecule has 2 aromatic rings. The van der Waals surface area contributed by atoms with Crippen LogP contribution in [0.2, 0.25) is 6.55 Å². The molecule has 6 nitrogen and oxygen atoms in total. The molecule has 28 heavy (non-hydrogen) atoms. The largest absolute Gasteiger partial charge is 0.383 e. The molecule has 1 fully saturated rings. The van der Waals surface area contributed by atoms with Crippen molar-refractivity contribution in [2.45, 2.75) is 24.9 Å². The number of hydrogen-bond donors (Lipinski definition) is 0. The second-order valence-corrected chi connectivity index (χ2v) is 8.90. The third kappa shape index (κ3) is 3.35. The van der Waals surface area contributed by atoms with E-state index in [0.717, 1.165) is 21.7 Å². The Labute approximate surface area is 164 Å². The molecule has 4 rings (SSSR count). The molecule has 0 saturated carbocycles. The van der Waals surface area contributed by atoms with E-state index in [1.165, 1.54) is 0 Å². The first-order valence-electron chi connectivity index (χ1n) is 9.28. The highest BCUT2D eigenvalue weighted by Crippen LogP contribution is 2.36. The number of hydrogen-bond acceptors (Lipinski definition) is 5. The van der Waals surface area contributed by atoms with Crippen molar-refractivity contribution in [2.24, 2.45) is 7.05 Å². The molecule has 0 N–H and O–H groups in total. The van der Waals surface area contributed by atoms with Crippen LogP contribution in [0.15, 0.2) is 52.6 Å². The molecule has 0 radical (unpaired) electrons. The van der Waals surface area contributed by atoms with Crippen LogP contribution in [0.5, 0.6) is 0 Å². The van der Waals surface area contributed by atoms with E-state index < -0.39 is 8.68 Å². The van der Waals surface area contributed by atoms with E-state index in [-0.39, 0.29) is 23.9 Å². The zero-order valence-electron chi connectivity index (χ0n) is 16.2. The summed E-state index contributed by atoms with van der Waals surface area (Å²) >= 11 is 0. The first kappa shape index (κ1) is 19.1. The highest BCUT2D eigenvalue weighted by atomic mass is 28.3. The van der Waals surface area contributed by atoms with Crippen molar-refractivity contribution in [1.82, 2.24) is 4.57 Å². The van der Waals surface area contributed by atoms with Crippen molar-refractivity contribution in [2.75, 3.05) is 20.3 Å². The summed E-state index contributed by atoms with van der Waals surface area (Å²) in [4.78, 5) is 12.6. The van der Waals surface area contributed by atoms with E-state index in [4.69, 9.17) is 14.2 Å². The van der Waals surface area contributed by atoms with E-state index in [1.54, 1.807) is 25.3 Å². The summed E-state index contributed by atoms with van der Waals surface area (Å²) in [6.45, 7) is 2.58. The molecule has 0 spiro atoms. The minimum atomic E-state index is -1.92. The molecule has 3 unspecified atom stereocenters. The summed E-state index contributed by atoms with van der Waals surface area (Å²) in [6, 6.07) is 7.54. The summed E-state index contributed by atoms with van der Waals surface area (Å²) in [6.07, 6.45) is 4.84. The molecule has 1 aliphatic carbocycles. The summed E-state index contributed by atoms with van der Waals surface area (Å²) in [7, 11) is 1.45. The van der Waals surface area contributed by atoms with Gasteiger partial charge in [-0.25, -0.2) is 0 Å². The summed E-state index contributed by atoms with van der Waals surface area (Å²) in [5.74, 6) is 0. The Balaban J connectivity index is 1.86. The zero-order chi connectivity index (χ0) is 19.8. The molecule has 2 aliphatic rings. The number of pyridine rings is 1. The summed E-state index contributed by atoms with van der Waals surface area (Å²) < 4.78 is 31.5. The number of methoxy groups -OCH3 is 1. The number of aromatic nitrogens is 1. The number of benzene rings is 1. The van der Waals surface area contributed by atoms with E-state index in [9.17, 15) is 9.26 Å². The normalized spacial score (nSPS) is 24.5. The SMILES string of the molecule is COCC1COC2C(c3cn(C)c(=O)c4ccccc34)=CC([Si](C)=O)=CC2O1. The number of ether oxygens (including phenoxy) is 3. The molecule has 1 aromatic carbocycles. The van der Waals surface area contributed by atoms with Gasteiger partial charge in [0, 0.05) is 31.3 Å². The molecule has 1 aromatic heterocycles. The lowest BCUT2D eigenvalue weighted by atomic mass is 9.89. The first-order valence-corrected chi connectivity index (χ1v) is 11.2. The van der Waals surface area contributed by atoms with Gasteiger partial charge in [-0.2, -0.15) is 0 Å². The van der Waals surface area contributed by atoms with Crippen LogP contribution < -0.4 is 5.56 Å². The van der Waals surface area contributed by atoms with Gasteiger partial charge >= 0.3 is 8.68 Å². The molecule has 2 heterocycles. The van der Waals surface area contributed by atoms with E-state index in [0.29, 0.717) is 18.6 Å². The maximum atomic E-state index is 12.6. The molecule has 3 atom stereocenters. The quantitative estimate of drug-likeness (QED) is 0.741. The highest BCUT2D eigenvalue weighted by Gasteiger charge is 2.37. The van der Waals surface area contributed by atoms with Gasteiger partial charge in [0.2, 0.25) is 0 Å². The van der Waals surface area contributed by atoms with Crippen LogP contribution >= 0.6 is 0 Å². The maximum Gasteiger partial charge on any atom is 0.308 e. The molecule has 1 aliphatic heterocycles.